The molecule has 0 bridgehead atoms. The summed E-state index contributed by atoms with van der Waals surface area (Å²) < 4.78 is 36.4. The van der Waals surface area contributed by atoms with Crippen LogP contribution in [0.2, 0.25) is 0 Å². The predicted molar refractivity (Wildman–Crippen MR) is 133 cm³/mol. The van der Waals surface area contributed by atoms with Crippen LogP contribution in [0.3, 0.4) is 0 Å². The second-order valence-corrected chi connectivity index (χ2v) is 10.2. The molecule has 0 spiro atoms. The number of carbonyl (C=O) groups excluding carboxylic acids is 2. The molecule has 0 unspecified atom stereocenters. The van der Waals surface area contributed by atoms with E-state index in [9.17, 15) is 18.0 Å². The monoisotopic (exact) mass is 502 g/mol. The molecule has 0 saturated carbocycles. The summed E-state index contributed by atoms with van der Waals surface area (Å²) in [5.41, 5.74) is 5.25. The van der Waals surface area contributed by atoms with Gasteiger partial charge in [0.2, 0.25) is 10.0 Å². The lowest BCUT2D eigenvalue weighted by atomic mass is 10.1. The summed E-state index contributed by atoms with van der Waals surface area (Å²) in [5.74, 6) is -0.136. The fourth-order valence-corrected chi connectivity index (χ4v) is 4.38. The lowest BCUT2D eigenvalue weighted by molar-refractivity contribution is -0.137. The average molecular weight is 503 g/mol. The van der Waals surface area contributed by atoms with Gasteiger partial charge >= 0.3 is 0 Å². The number of morpholine rings is 1. The Morgan fingerprint density at radius 1 is 1.11 bits per heavy atom. The summed E-state index contributed by atoms with van der Waals surface area (Å²) in [6, 6.07) is 12.2. The van der Waals surface area contributed by atoms with Crippen molar-refractivity contribution in [1.82, 2.24) is 10.3 Å². The van der Waals surface area contributed by atoms with Crippen molar-refractivity contribution in [3.05, 3.63) is 59.2 Å². The smallest absolute Gasteiger partial charge is 0.260 e. The van der Waals surface area contributed by atoms with E-state index in [1.54, 1.807) is 41.3 Å². The van der Waals surface area contributed by atoms with Gasteiger partial charge in [-0.05, 0) is 66.9 Å². The van der Waals surface area contributed by atoms with E-state index in [4.69, 9.17) is 9.47 Å². The van der Waals surface area contributed by atoms with E-state index in [2.05, 4.69) is 10.5 Å². The third kappa shape index (κ3) is 8.08. The van der Waals surface area contributed by atoms with E-state index >= 15 is 0 Å². The lowest BCUT2D eigenvalue weighted by Crippen LogP contribution is -2.42. The number of nitrogens with zero attached hydrogens (tertiary/aromatic N) is 3. The largest absolute Gasteiger partial charge is 0.484 e. The van der Waals surface area contributed by atoms with E-state index in [-0.39, 0.29) is 12.5 Å². The molecule has 0 aromatic heterocycles. The van der Waals surface area contributed by atoms with Crippen LogP contribution in [0.4, 0.5) is 5.69 Å². The quantitative estimate of drug-likeness (QED) is 0.410. The molecule has 1 fully saturated rings. The lowest BCUT2D eigenvalue weighted by Gasteiger charge is -2.26. The van der Waals surface area contributed by atoms with Crippen molar-refractivity contribution >= 4 is 33.7 Å². The van der Waals surface area contributed by atoms with Crippen LogP contribution in [-0.2, 0) is 24.3 Å². The first-order valence-corrected chi connectivity index (χ1v) is 12.9. The van der Waals surface area contributed by atoms with Gasteiger partial charge in [-0.15, -0.1) is 0 Å². The van der Waals surface area contributed by atoms with Gasteiger partial charge in [0.15, 0.2) is 6.61 Å². The fraction of sp³-hybridized carbons (Fsp3) is 0.375. The van der Waals surface area contributed by atoms with Gasteiger partial charge in [0.25, 0.3) is 11.8 Å². The molecule has 1 aliphatic rings. The minimum Gasteiger partial charge on any atom is -0.484 e. The van der Waals surface area contributed by atoms with E-state index in [0.717, 1.165) is 21.7 Å². The Morgan fingerprint density at radius 3 is 2.34 bits per heavy atom. The first-order valence-electron chi connectivity index (χ1n) is 11.1. The van der Waals surface area contributed by atoms with Crippen LogP contribution in [0.25, 0.3) is 0 Å². The highest BCUT2D eigenvalue weighted by Gasteiger charge is 2.21. The molecule has 1 heterocycles. The molecule has 2 aromatic rings. The number of aryl methyl sites for hydroxylation is 2. The Balaban J connectivity index is 1.52. The Morgan fingerprint density at radius 2 is 1.74 bits per heavy atom. The summed E-state index contributed by atoms with van der Waals surface area (Å²) in [7, 11) is -3.67. The molecular weight excluding hydrogens is 472 g/mol. The average Bonchev–Trinajstić information content (AvgIpc) is 2.81. The van der Waals surface area contributed by atoms with Crippen molar-refractivity contribution in [3.8, 4) is 5.75 Å². The highest BCUT2D eigenvalue weighted by atomic mass is 32.2. The van der Waals surface area contributed by atoms with E-state index < -0.39 is 22.5 Å². The molecule has 35 heavy (non-hydrogen) atoms. The number of nitrogens with one attached hydrogen (secondary N) is 1. The Kier molecular flexibility index (Phi) is 8.83. The van der Waals surface area contributed by atoms with Crippen LogP contribution in [0.15, 0.2) is 47.6 Å². The number of anilines is 1. The molecule has 3 rings (SSSR count). The van der Waals surface area contributed by atoms with Crippen molar-refractivity contribution in [2.45, 2.75) is 13.8 Å². The zero-order chi connectivity index (χ0) is 25.4. The molecule has 0 radical (unpaired) electrons. The highest BCUT2D eigenvalue weighted by Crippen LogP contribution is 2.21. The third-order valence-corrected chi connectivity index (χ3v) is 6.33. The maximum atomic E-state index is 12.4. The third-order valence-electron chi connectivity index (χ3n) is 5.19. The second-order valence-electron chi connectivity index (χ2n) is 8.26. The molecule has 1 N–H and O–H groups in total. The number of benzene rings is 2. The maximum absolute atomic E-state index is 12.4. The number of ether oxygens (including phenoxy) is 2. The maximum Gasteiger partial charge on any atom is 0.260 e. The number of carbonyl (C=O) groups is 2. The van der Waals surface area contributed by atoms with E-state index in [0.29, 0.717) is 43.3 Å². The zero-order valence-corrected chi connectivity index (χ0v) is 20.9. The summed E-state index contributed by atoms with van der Waals surface area (Å²) in [6.45, 7) is 5.47. The summed E-state index contributed by atoms with van der Waals surface area (Å²) in [5, 5.41) is 3.91. The van der Waals surface area contributed by atoms with Gasteiger partial charge in [0.1, 0.15) is 12.3 Å². The summed E-state index contributed by atoms with van der Waals surface area (Å²) >= 11 is 0. The van der Waals surface area contributed by atoms with Crippen molar-refractivity contribution in [3.63, 3.8) is 0 Å². The van der Waals surface area contributed by atoms with Gasteiger partial charge in [0, 0.05) is 13.1 Å². The topological polar surface area (TPSA) is 118 Å². The SMILES string of the molecule is Cc1cc(C)cc(N(CC(=O)N/N=C\c2ccc(OCC(=O)N3CCOCC3)cc2)S(C)(=O)=O)c1. The molecule has 1 saturated heterocycles. The fourth-order valence-electron chi connectivity index (χ4n) is 3.54. The number of hydrazone groups is 1. The second kappa shape index (κ2) is 11.8. The van der Waals surface area contributed by atoms with Crippen molar-refractivity contribution in [2.24, 2.45) is 5.10 Å². The first-order chi connectivity index (χ1) is 16.6. The molecule has 11 heteroatoms. The van der Waals surface area contributed by atoms with Crippen LogP contribution >= 0.6 is 0 Å². The normalized spacial score (nSPS) is 14.1. The summed E-state index contributed by atoms with van der Waals surface area (Å²) in [6.07, 6.45) is 2.49. The van der Waals surface area contributed by atoms with Crippen LogP contribution in [-0.4, -0.2) is 77.1 Å². The molecular formula is C24H30N4O6S. The Hall–Kier alpha value is -3.44. The van der Waals surface area contributed by atoms with Gasteiger partial charge in [-0.1, -0.05) is 6.07 Å². The van der Waals surface area contributed by atoms with Crippen molar-refractivity contribution in [1.29, 1.82) is 0 Å². The Labute approximate surface area is 205 Å². The number of hydrogen-bond acceptors (Lipinski definition) is 7. The molecule has 10 nitrogen and oxygen atoms in total. The highest BCUT2D eigenvalue weighted by molar-refractivity contribution is 7.92. The van der Waals surface area contributed by atoms with Crippen LogP contribution < -0.4 is 14.5 Å². The molecule has 2 aromatic carbocycles. The molecule has 1 aliphatic heterocycles. The van der Waals surface area contributed by atoms with Gasteiger partial charge in [-0.2, -0.15) is 5.10 Å². The first kappa shape index (κ1) is 26.2. The molecule has 2 amide bonds. The van der Waals surface area contributed by atoms with Crippen LogP contribution in [0.1, 0.15) is 16.7 Å². The van der Waals surface area contributed by atoms with Crippen molar-refractivity contribution < 1.29 is 27.5 Å². The molecule has 0 aliphatic carbocycles. The van der Waals surface area contributed by atoms with E-state index in [1.807, 2.05) is 19.9 Å². The van der Waals surface area contributed by atoms with Gasteiger partial charge < -0.3 is 14.4 Å². The minimum atomic E-state index is -3.67. The number of sulfonamides is 1. The predicted octanol–water partition coefficient (Wildman–Crippen LogP) is 1.46. The molecule has 188 valence electrons. The zero-order valence-electron chi connectivity index (χ0n) is 20.1. The van der Waals surface area contributed by atoms with Gasteiger partial charge in [-0.3, -0.25) is 13.9 Å². The number of amides is 2. The standard InChI is InChI=1S/C24H30N4O6S/c1-18-12-19(2)14-21(13-18)28(35(3,31)32)16-23(29)26-25-15-20-4-6-22(7-5-20)34-17-24(30)27-8-10-33-11-9-27/h4-7,12-15H,8-11,16-17H2,1-3H3,(H,26,29)/b25-15-. The van der Waals surface area contributed by atoms with Crippen molar-refractivity contribution in [2.75, 3.05) is 50.0 Å². The van der Waals surface area contributed by atoms with Crippen LogP contribution in [0, 0.1) is 13.8 Å². The number of rotatable bonds is 9. The van der Waals surface area contributed by atoms with Crippen LogP contribution in [0.5, 0.6) is 5.75 Å². The number of hydrogen-bond donors (Lipinski definition) is 1. The van der Waals surface area contributed by atoms with E-state index in [1.165, 1.54) is 6.21 Å². The van der Waals surface area contributed by atoms with Gasteiger partial charge in [0.05, 0.1) is 31.4 Å². The Bertz CT molecular complexity index is 1150. The van der Waals surface area contributed by atoms with Gasteiger partial charge in [-0.25, -0.2) is 13.8 Å². The summed E-state index contributed by atoms with van der Waals surface area (Å²) in [4.78, 5) is 26.2. The molecule has 0 atom stereocenters. The minimum absolute atomic E-state index is 0.0548.